The van der Waals surface area contributed by atoms with E-state index in [1.165, 1.54) is 12.4 Å². The van der Waals surface area contributed by atoms with Crippen LogP contribution >= 0.6 is 0 Å². The fraction of sp³-hybridized carbons (Fsp3) is 0.233. The summed E-state index contributed by atoms with van der Waals surface area (Å²) in [5, 5.41) is 26.7. The van der Waals surface area contributed by atoms with Crippen LogP contribution in [0.3, 0.4) is 0 Å². The van der Waals surface area contributed by atoms with Crippen LogP contribution in [0, 0.1) is 11.8 Å². The highest BCUT2D eigenvalue weighted by Crippen LogP contribution is 2.15. The molecular formula is C30H35N5O5. The van der Waals surface area contributed by atoms with Crippen LogP contribution in [0.1, 0.15) is 35.8 Å². The largest absolute Gasteiger partial charge is 0.391 e. The lowest BCUT2D eigenvalue weighted by atomic mass is 10.1. The molecule has 0 saturated heterocycles. The van der Waals surface area contributed by atoms with Gasteiger partial charge in [-0.2, -0.15) is 0 Å². The smallest absolute Gasteiger partial charge is 0.268 e. The Kier molecular flexibility index (Phi) is 11.7. The average Bonchev–Trinajstić information content (AvgIpc) is 2.94. The van der Waals surface area contributed by atoms with Gasteiger partial charge < -0.3 is 26.0 Å². The molecule has 0 bridgehead atoms. The number of aliphatic hydroxyl groups excluding tert-OH is 1. The van der Waals surface area contributed by atoms with Crippen LogP contribution in [0.15, 0.2) is 72.8 Å². The van der Waals surface area contributed by atoms with Crippen LogP contribution in [0.25, 0.3) is 0 Å². The number of nitrogens with zero attached hydrogens (tertiary/aromatic N) is 1. The van der Waals surface area contributed by atoms with Crippen molar-refractivity contribution in [3.8, 4) is 11.8 Å². The molecule has 0 spiro atoms. The number of hydrogen-bond donors (Lipinski definition) is 6. The second-order valence-corrected chi connectivity index (χ2v) is 8.92. The molecule has 10 nitrogen and oxygen atoms in total. The van der Waals surface area contributed by atoms with Gasteiger partial charge in [-0.1, -0.05) is 19.3 Å². The molecule has 3 aromatic carbocycles. The summed E-state index contributed by atoms with van der Waals surface area (Å²) in [6.07, 6.45) is -1.20. The third-order valence-electron chi connectivity index (χ3n) is 5.67. The quantitative estimate of drug-likeness (QED) is 0.138. The number of hydroxylamine groups is 1. The monoisotopic (exact) mass is 545 g/mol. The zero-order valence-corrected chi connectivity index (χ0v) is 21.9. The van der Waals surface area contributed by atoms with E-state index in [1.807, 2.05) is 43.3 Å². The highest BCUT2D eigenvalue weighted by atomic mass is 16.5. The van der Waals surface area contributed by atoms with E-state index in [1.54, 1.807) is 48.5 Å². The van der Waals surface area contributed by atoms with E-state index in [-0.39, 0.29) is 25.4 Å². The molecule has 0 aliphatic heterocycles. The predicted molar refractivity (Wildman–Crippen MR) is 156 cm³/mol. The number of benzene rings is 3. The van der Waals surface area contributed by atoms with Gasteiger partial charge in [-0.25, -0.2) is 5.48 Å². The zero-order chi connectivity index (χ0) is 28.4. The molecule has 0 aliphatic rings. The lowest BCUT2D eigenvalue weighted by molar-refractivity contribution is -0.133. The number of aliphatic hydroxyl groups is 1. The first-order valence-corrected chi connectivity index (χ1v) is 12.1. The van der Waals surface area contributed by atoms with Gasteiger partial charge in [0.05, 0.1) is 12.6 Å². The van der Waals surface area contributed by atoms with E-state index < -0.39 is 24.0 Å². The van der Waals surface area contributed by atoms with E-state index in [2.05, 4.69) is 27.8 Å². The summed E-state index contributed by atoms with van der Waals surface area (Å²) in [7, 11) is 3.93. The zero-order valence-electron chi connectivity index (χ0n) is 21.9. The number of carbonyl (C=O) groups is 3. The number of nitrogens with one attached hydrogen (secondary N) is 4. The Hall–Kier alpha value is -4.85. The second kappa shape index (κ2) is 14.9. The van der Waals surface area contributed by atoms with Crippen molar-refractivity contribution in [2.75, 3.05) is 36.2 Å². The molecule has 10 heteroatoms. The topological polar surface area (TPSA) is 143 Å². The third kappa shape index (κ3) is 9.16. The third-order valence-corrected chi connectivity index (χ3v) is 5.67. The van der Waals surface area contributed by atoms with E-state index in [0.29, 0.717) is 11.3 Å². The number of rotatable bonds is 9. The van der Waals surface area contributed by atoms with Gasteiger partial charge in [0.15, 0.2) is 0 Å². The fourth-order valence-corrected chi connectivity index (χ4v) is 3.45. The number of amides is 3. The van der Waals surface area contributed by atoms with E-state index >= 15 is 0 Å². The summed E-state index contributed by atoms with van der Waals surface area (Å²) in [5.74, 6) is 4.35. The van der Waals surface area contributed by atoms with Crippen molar-refractivity contribution in [1.82, 2.24) is 10.8 Å². The number of hydrogen-bond acceptors (Lipinski definition) is 7. The Bertz CT molecular complexity index is 1340. The first-order chi connectivity index (χ1) is 18.7. The molecule has 3 rings (SSSR count). The molecule has 3 aromatic rings. The van der Waals surface area contributed by atoms with Crippen molar-refractivity contribution in [3.05, 3.63) is 89.5 Å². The van der Waals surface area contributed by atoms with Crippen LogP contribution < -0.4 is 26.3 Å². The Morgan fingerprint density at radius 3 is 1.88 bits per heavy atom. The van der Waals surface area contributed by atoms with Crippen molar-refractivity contribution in [1.29, 1.82) is 0 Å². The molecule has 0 saturated carbocycles. The standard InChI is InChI=1S/C29H31N5O5.CH4/c1-19(35)27(29(38)33-39)32-28(37)22-10-6-20(7-11-22)4-5-21-8-12-24(13-9-21)31-26(36)18-30-23-14-16-25(17-15-23)34(2)3;/h6-17,19,27,30,35,39H,18H2,1-3H3,(H,31,36)(H,32,37)(H,33,38);1H4/t19-,27+;/m1./s1. The van der Waals surface area contributed by atoms with Crippen molar-refractivity contribution in [3.63, 3.8) is 0 Å². The average molecular weight is 546 g/mol. The molecule has 40 heavy (non-hydrogen) atoms. The molecule has 0 aliphatic carbocycles. The minimum Gasteiger partial charge on any atom is -0.391 e. The normalized spacial score (nSPS) is 11.4. The van der Waals surface area contributed by atoms with Crippen molar-refractivity contribution in [2.24, 2.45) is 0 Å². The maximum atomic E-state index is 12.4. The highest BCUT2D eigenvalue weighted by Gasteiger charge is 2.25. The van der Waals surface area contributed by atoms with Gasteiger partial charge in [-0.15, -0.1) is 0 Å². The van der Waals surface area contributed by atoms with Gasteiger partial charge in [-0.3, -0.25) is 19.6 Å². The van der Waals surface area contributed by atoms with Crippen LogP contribution in [-0.2, 0) is 9.59 Å². The van der Waals surface area contributed by atoms with Gasteiger partial charge in [0.25, 0.3) is 11.8 Å². The van der Waals surface area contributed by atoms with Gasteiger partial charge in [0.1, 0.15) is 6.04 Å². The number of carbonyl (C=O) groups excluding carboxylic acids is 3. The van der Waals surface area contributed by atoms with Crippen molar-refractivity contribution < 1.29 is 24.7 Å². The molecule has 0 aromatic heterocycles. The van der Waals surface area contributed by atoms with Crippen LogP contribution in [0.2, 0.25) is 0 Å². The summed E-state index contributed by atoms with van der Waals surface area (Å²) in [4.78, 5) is 38.3. The van der Waals surface area contributed by atoms with E-state index in [4.69, 9.17) is 5.21 Å². The van der Waals surface area contributed by atoms with Crippen LogP contribution in [0.4, 0.5) is 17.1 Å². The first-order valence-electron chi connectivity index (χ1n) is 12.1. The molecule has 0 radical (unpaired) electrons. The number of anilines is 3. The molecule has 0 heterocycles. The Morgan fingerprint density at radius 1 is 0.850 bits per heavy atom. The van der Waals surface area contributed by atoms with E-state index in [9.17, 15) is 19.5 Å². The summed E-state index contributed by atoms with van der Waals surface area (Å²) in [6.45, 7) is 1.45. The summed E-state index contributed by atoms with van der Waals surface area (Å²) in [5.41, 5.74) is 5.66. The lowest BCUT2D eigenvalue weighted by Crippen LogP contribution is -2.51. The van der Waals surface area contributed by atoms with Gasteiger partial charge in [-0.05, 0) is 79.7 Å². The molecular weight excluding hydrogens is 510 g/mol. The molecule has 210 valence electrons. The molecule has 2 atom stereocenters. The predicted octanol–water partition coefficient (Wildman–Crippen LogP) is 2.82. The first kappa shape index (κ1) is 31.4. The molecule has 6 N–H and O–H groups in total. The maximum Gasteiger partial charge on any atom is 0.268 e. The van der Waals surface area contributed by atoms with Crippen LogP contribution in [0.5, 0.6) is 0 Å². The summed E-state index contributed by atoms with van der Waals surface area (Å²) >= 11 is 0. The van der Waals surface area contributed by atoms with E-state index in [0.717, 1.165) is 16.9 Å². The molecule has 0 fully saturated rings. The fourth-order valence-electron chi connectivity index (χ4n) is 3.45. The minimum atomic E-state index is -1.30. The molecule has 0 unspecified atom stereocenters. The Morgan fingerprint density at radius 2 is 1.38 bits per heavy atom. The van der Waals surface area contributed by atoms with Crippen molar-refractivity contribution >= 4 is 34.8 Å². The van der Waals surface area contributed by atoms with Gasteiger partial charge in [0, 0.05) is 47.8 Å². The van der Waals surface area contributed by atoms with Crippen molar-refractivity contribution in [2.45, 2.75) is 26.5 Å². The Labute approximate surface area is 234 Å². The Balaban J connectivity index is 0.00000560. The molecule has 3 amide bonds. The van der Waals surface area contributed by atoms with Gasteiger partial charge >= 0.3 is 0 Å². The van der Waals surface area contributed by atoms with Crippen LogP contribution in [-0.4, -0.2) is 60.8 Å². The van der Waals surface area contributed by atoms with Gasteiger partial charge in [0.2, 0.25) is 5.91 Å². The summed E-state index contributed by atoms with van der Waals surface area (Å²) in [6, 6.07) is 20.0. The maximum absolute atomic E-state index is 12.4. The summed E-state index contributed by atoms with van der Waals surface area (Å²) < 4.78 is 0. The second-order valence-electron chi connectivity index (χ2n) is 8.92. The highest BCUT2D eigenvalue weighted by molar-refractivity contribution is 5.97. The lowest BCUT2D eigenvalue weighted by Gasteiger charge is -2.19. The minimum absolute atomic E-state index is 0. The SMILES string of the molecule is C.C[C@@H](O)[C@H](NC(=O)c1ccc(C#Cc2ccc(NC(=O)CNc3ccc(N(C)C)cc3)cc2)cc1)C(=O)NO.